The number of pyridine rings is 1. The average molecular weight is 310 g/mol. The lowest BCUT2D eigenvalue weighted by atomic mass is 10.1. The van der Waals surface area contributed by atoms with Crippen molar-refractivity contribution in [3.63, 3.8) is 0 Å². The van der Waals surface area contributed by atoms with Crippen LogP contribution in [0.25, 0.3) is 0 Å². The molecule has 0 fully saturated rings. The molecule has 0 saturated heterocycles. The highest BCUT2D eigenvalue weighted by molar-refractivity contribution is 5.89. The molecule has 0 spiro atoms. The molecule has 120 valence electrons. The van der Waals surface area contributed by atoms with E-state index in [2.05, 4.69) is 51.7 Å². The second-order valence-corrected chi connectivity index (χ2v) is 6.21. The van der Waals surface area contributed by atoms with Gasteiger partial charge in [0.15, 0.2) is 0 Å². The summed E-state index contributed by atoms with van der Waals surface area (Å²) in [5.74, 6) is 0.900. The molecule has 1 aliphatic heterocycles. The van der Waals surface area contributed by atoms with E-state index in [0.29, 0.717) is 11.7 Å². The quantitative estimate of drug-likeness (QED) is 0.909. The molecule has 0 radical (unpaired) electrons. The van der Waals surface area contributed by atoms with E-state index in [1.807, 2.05) is 26.0 Å². The van der Waals surface area contributed by atoms with Crippen LogP contribution in [-0.4, -0.2) is 23.1 Å². The van der Waals surface area contributed by atoms with Gasteiger partial charge in [-0.05, 0) is 51.0 Å². The first-order valence-corrected chi connectivity index (χ1v) is 7.95. The number of rotatable bonds is 3. The summed E-state index contributed by atoms with van der Waals surface area (Å²) in [6.07, 6.45) is 2.72. The van der Waals surface area contributed by atoms with Crippen molar-refractivity contribution in [3.8, 4) is 0 Å². The summed E-state index contributed by atoms with van der Waals surface area (Å²) < 4.78 is 0. The highest BCUT2D eigenvalue weighted by Crippen LogP contribution is 2.37. The van der Waals surface area contributed by atoms with Gasteiger partial charge in [0.05, 0.1) is 11.9 Å². The lowest BCUT2D eigenvalue weighted by Gasteiger charge is -2.24. The molecule has 5 heteroatoms. The van der Waals surface area contributed by atoms with Crippen LogP contribution in [0.5, 0.6) is 0 Å². The van der Waals surface area contributed by atoms with Crippen LogP contribution >= 0.6 is 0 Å². The third-order valence-corrected chi connectivity index (χ3v) is 3.88. The molecule has 2 heterocycles. The standard InChI is InChI=1S/C18H22N4O/c1-12(2)20-18(23)21-15-8-9-17(19-11-15)22-13(3)10-14-6-4-5-7-16(14)22/h4-9,11-13H,10H2,1-3H3,(H2,20,21,23). The molecule has 0 bridgehead atoms. The van der Waals surface area contributed by atoms with Crippen LogP contribution in [0, 0.1) is 0 Å². The Morgan fingerprint density at radius 3 is 2.74 bits per heavy atom. The monoisotopic (exact) mass is 310 g/mol. The van der Waals surface area contributed by atoms with Gasteiger partial charge < -0.3 is 15.5 Å². The number of fused-ring (bicyclic) bond motifs is 1. The minimum Gasteiger partial charge on any atom is -0.336 e. The number of hydrogen-bond donors (Lipinski definition) is 2. The number of carbonyl (C=O) groups excluding carboxylic acids is 1. The van der Waals surface area contributed by atoms with Crippen molar-refractivity contribution in [2.45, 2.75) is 39.3 Å². The Morgan fingerprint density at radius 2 is 2.04 bits per heavy atom. The minimum absolute atomic E-state index is 0.101. The summed E-state index contributed by atoms with van der Waals surface area (Å²) in [4.78, 5) is 18.5. The van der Waals surface area contributed by atoms with Gasteiger partial charge in [0.1, 0.15) is 5.82 Å². The first kappa shape index (κ1) is 15.3. The maximum Gasteiger partial charge on any atom is 0.319 e. The summed E-state index contributed by atoms with van der Waals surface area (Å²) in [6.45, 7) is 6.05. The van der Waals surface area contributed by atoms with Crippen LogP contribution in [0.2, 0.25) is 0 Å². The van der Waals surface area contributed by atoms with E-state index >= 15 is 0 Å². The van der Waals surface area contributed by atoms with Gasteiger partial charge in [0.2, 0.25) is 0 Å². The van der Waals surface area contributed by atoms with Crippen LogP contribution in [0.4, 0.5) is 22.0 Å². The molecule has 2 aromatic rings. The Balaban J connectivity index is 1.76. The highest BCUT2D eigenvalue weighted by Gasteiger charge is 2.27. The number of nitrogens with one attached hydrogen (secondary N) is 2. The zero-order chi connectivity index (χ0) is 16.4. The SMILES string of the molecule is CC(C)NC(=O)Nc1ccc(N2c3ccccc3CC2C)nc1. The second kappa shape index (κ2) is 6.28. The maximum atomic E-state index is 11.7. The molecule has 1 aromatic heterocycles. The molecule has 1 aromatic carbocycles. The van der Waals surface area contributed by atoms with Gasteiger partial charge in [-0.25, -0.2) is 9.78 Å². The Hall–Kier alpha value is -2.56. The van der Waals surface area contributed by atoms with Gasteiger partial charge in [0, 0.05) is 17.8 Å². The van der Waals surface area contributed by atoms with Gasteiger partial charge >= 0.3 is 6.03 Å². The number of amides is 2. The van der Waals surface area contributed by atoms with E-state index < -0.39 is 0 Å². The molecule has 1 aliphatic rings. The van der Waals surface area contributed by atoms with Crippen molar-refractivity contribution in [2.24, 2.45) is 0 Å². The summed E-state index contributed by atoms with van der Waals surface area (Å²) in [6, 6.07) is 12.5. The van der Waals surface area contributed by atoms with Crippen molar-refractivity contribution < 1.29 is 4.79 Å². The van der Waals surface area contributed by atoms with Crippen molar-refractivity contribution in [1.82, 2.24) is 10.3 Å². The molecule has 1 unspecified atom stereocenters. The minimum atomic E-state index is -0.213. The van der Waals surface area contributed by atoms with Crippen molar-refractivity contribution in [2.75, 3.05) is 10.2 Å². The molecule has 23 heavy (non-hydrogen) atoms. The summed E-state index contributed by atoms with van der Waals surface area (Å²) in [5, 5.41) is 5.58. The average Bonchev–Trinajstić information content (AvgIpc) is 2.83. The number of anilines is 3. The van der Waals surface area contributed by atoms with Gasteiger partial charge in [-0.3, -0.25) is 0 Å². The Kier molecular flexibility index (Phi) is 4.19. The molecule has 1 atom stereocenters. The van der Waals surface area contributed by atoms with Crippen molar-refractivity contribution in [3.05, 3.63) is 48.2 Å². The lowest BCUT2D eigenvalue weighted by Crippen LogP contribution is -2.34. The topological polar surface area (TPSA) is 57.3 Å². The van der Waals surface area contributed by atoms with Crippen LogP contribution < -0.4 is 15.5 Å². The number of benzene rings is 1. The number of aromatic nitrogens is 1. The number of carbonyl (C=O) groups is 1. The zero-order valence-corrected chi connectivity index (χ0v) is 13.7. The van der Waals surface area contributed by atoms with Crippen LogP contribution in [0.1, 0.15) is 26.3 Å². The second-order valence-electron chi connectivity index (χ2n) is 6.21. The summed E-state index contributed by atoms with van der Waals surface area (Å²) in [5.41, 5.74) is 3.25. The lowest BCUT2D eigenvalue weighted by molar-refractivity contribution is 0.250. The van der Waals surface area contributed by atoms with Crippen molar-refractivity contribution >= 4 is 23.2 Å². The third-order valence-electron chi connectivity index (χ3n) is 3.88. The normalized spacial score (nSPS) is 16.3. The number of para-hydroxylation sites is 1. The third kappa shape index (κ3) is 3.28. The molecule has 2 N–H and O–H groups in total. The predicted octanol–water partition coefficient (Wildman–Crippen LogP) is 3.69. The van der Waals surface area contributed by atoms with E-state index in [4.69, 9.17) is 0 Å². The first-order valence-electron chi connectivity index (χ1n) is 7.95. The largest absolute Gasteiger partial charge is 0.336 e. The highest BCUT2D eigenvalue weighted by atomic mass is 16.2. The first-order chi connectivity index (χ1) is 11.0. The molecule has 5 nitrogen and oxygen atoms in total. The van der Waals surface area contributed by atoms with Gasteiger partial charge in [-0.2, -0.15) is 0 Å². The summed E-state index contributed by atoms with van der Waals surface area (Å²) in [7, 11) is 0. The fourth-order valence-corrected chi connectivity index (χ4v) is 2.95. The molecule has 0 aliphatic carbocycles. The van der Waals surface area contributed by atoms with E-state index in [9.17, 15) is 4.79 Å². The van der Waals surface area contributed by atoms with Gasteiger partial charge in [-0.15, -0.1) is 0 Å². The number of hydrogen-bond acceptors (Lipinski definition) is 3. The van der Waals surface area contributed by atoms with Crippen LogP contribution in [-0.2, 0) is 6.42 Å². The Labute approximate surface area is 136 Å². The molecule has 2 amide bonds. The van der Waals surface area contributed by atoms with E-state index in [0.717, 1.165) is 12.2 Å². The fourth-order valence-electron chi connectivity index (χ4n) is 2.95. The number of nitrogens with zero attached hydrogens (tertiary/aromatic N) is 2. The smallest absolute Gasteiger partial charge is 0.319 e. The number of urea groups is 1. The summed E-state index contributed by atoms with van der Waals surface area (Å²) >= 11 is 0. The molecule has 3 rings (SSSR count). The van der Waals surface area contributed by atoms with Crippen LogP contribution in [0.3, 0.4) is 0 Å². The van der Waals surface area contributed by atoms with Crippen LogP contribution in [0.15, 0.2) is 42.6 Å². The van der Waals surface area contributed by atoms with E-state index in [1.54, 1.807) is 6.20 Å². The fraction of sp³-hybridized carbons (Fsp3) is 0.333. The van der Waals surface area contributed by atoms with Gasteiger partial charge in [0.25, 0.3) is 0 Å². The maximum absolute atomic E-state index is 11.7. The van der Waals surface area contributed by atoms with E-state index in [-0.39, 0.29) is 12.1 Å². The molecular formula is C18H22N4O. The molecular weight excluding hydrogens is 288 g/mol. The Morgan fingerprint density at radius 1 is 1.26 bits per heavy atom. The predicted molar refractivity (Wildman–Crippen MR) is 93.3 cm³/mol. The van der Waals surface area contributed by atoms with Crippen molar-refractivity contribution in [1.29, 1.82) is 0 Å². The Bertz CT molecular complexity index is 696. The van der Waals surface area contributed by atoms with Gasteiger partial charge in [-0.1, -0.05) is 18.2 Å². The molecule has 0 saturated carbocycles. The van der Waals surface area contributed by atoms with E-state index in [1.165, 1.54) is 11.3 Å². The zero-order valence-electron chi connectivity index (χ0n) is 13.7.